The van der Waals surface area contributed by atoms with Crippen LogP contribution in [0.5, 0.6) is 5.75 Å². The molecule has 1 amide bonds. The Morgan fingerprint density at radius 2 is 1.97 bits per heavy atom. The highest BCUT2D eigenvalue weighted by Gasteiger charge is 2.21. The van der Waals surface area contributed by atoms with Gasteiger partial charge in [-0.1, -0.05) is 18.2 Å². The first kappa shape index (κ1) is 22.9. The van der Waals surface area contributed by atoms with E-state index in [1.165, 1.54) is 5.56 Å². The SMILES string of the molecule is O=C(CCC1N=C(c2ccc3c(c2)CCO3)NO1)NCCCCNc1n[nH]c(=O)c2ccccc12. The Morgan fingerprint density at radius 1 is 1.11 bits per heavy atom. The second kappa shape index (κ2) is 10.6. The molecule has 35 heavy (non-hydrogen) atoms. The molecule has 2 aliphatic heterocycles. The molecule has 10 heteroatoms. The standard InChI is InChI=1S/C25H28N6O4/c32-21(9-10-22-28-23(31-35-22)17-7-8-20-16(15-17)11-14-34-20)26-12-3-4-13-27-24-18-5-1-2-6-19(18)25(33)30-29-24/h1-2,5-8,15,22H,3-4,9-14H2,(H,26,32)(H,27,29)(H,28,31)(H,30,33). The van der Waals surface area contributed by atoms with Crippen molar-refractivity contribution < 1.29 is 14.4 Å². The van der Waals surface area contributed by atoms with Gasteiger partial charge in [-0.2, -0.15) is 5.10 Å². The molecule has 10 nitrogen and oxygen atoms in total. The number of aliphatic imine (C=N–C) groups is 1. The van der Waals surface area contributed by atoms with Crippen molar-refractivity contribution in [3.8, 4) is 5.75 Å². The largest absolute Gasteiger partial charge is 0.493 e. The lowest BCUT2D eigenvalue weighted by Crippen LogP contribution is -2.26. The van der Waals surface area contributed by atoms with Crippen LogP contribution in [-0.4, -0.2) is 47.9 Å². The predicted octanol–water partition coefficient (Wildman–Crippen LogP) is 2.25. The summed E-state index contributed by atoms with van der Waals surface area (Å²) in [6, 6.07) is 13.3. The van der Waals surface area contributed by atoms with Crippen molar-refractivity contribution in [2.45, 2.75) is 38.3 Å². The van der Waals surface area contributed by atoms with Gasteiger partial charge in [0.2, 0.25) is 5.91 Å². The molecular weight excluding hydrogens is 448 g/mol. The van der Waals surface area contributed by atoms with E-state index in [0.29, 0.717) is 49.6 Å². The molecule has 1 unspecified atom stereocenters. The molecular formula is C25H28N6O4. The zero-order valence-corrected chi connectivity index (χ0v) is 19.3. The average molecular weight is 477 g/mol. The van der Waals surface area contributed by atoms with Gasteiger partial charge in [-0.15, -0.1) is 0 Å². The van der Waals surface area contributed by atoms with Crippen molar-refractivity contribution in [3.05, 3.63) is 63.9 Å². The zero-order chi connectivity index (χ0) is 24.0. The summed E-state index contributed by atoms with van der Waals surface area (Å²) in [6.45, 7) is 2.00. The molecule has 0 spiro atoms. The van der Waals surface area contributed by atoms with Crippen LogP contribution < -0.4 is 26.4 Å². The van der Waals surface area contributed by atoms with Crippen molar-refractivity contribution in [2.75, 3.05) is 25.0 Å². The number of benzene rings is 2. The molecule has 1 atom stereocenters. The van der Waals surface area contributed by atoms with Crippen molar-refractivity contribution >= 4 is 28.3 Å². The number of amidine groups is 1. The van der Waals surface area contributed by atoms with Gasteiger partial charge < -0.3 is 15.4 Å². The normalized spacial score (nSPS) is 16.3. The van der Waals surface area contributed by atoms with Crippen molar-refractivity contribution in [3.63, 3.8) is 0 Å². The summed E-state index contributed by atoms with van der Waals surface area (Å²) < 4.78 is 5.54. The number of fused-ring (bicyclic) bond motifs is 2. The van der Waals surface area contributed by atoms with Gasteiger partial charge in [0, 0.05) is 43.3 Å². The van der Waals surface area contributed by atoms with E-state index in [-0.39, 0.29) is 17.7 Å². The lowest BCUT2D eigenvalue weighted by Gasteiger charge is -2.09. The fourth-order valence-electron chi connectivity index (χ4n) is 4.19. The van der Waals surface area contributed by atoms with Crippen LogP contribution in [0, 0.1) is 0 Å². The lowest BCUT2D eigenvalue weighted by atomic mass is 10.1. The third kappa shape index (κ3) is 5.43. The smallest absolute Gasteiger partial charge is 0.272 e. The maximum Gasteiger partial charge on any atom is 0.272 e. The van der Waals surface area contributed by atoms with Gasteiger partial charge in [0.1, 0.15) is 5.75 Å². The van der Waals surface area contributed by atoms with Gasteiger partial charge in [0.05, 0.1) is 12.0 Å². The molecule has 182 valence electrons. The molecule has 3 heterocycles. The minimum Gasteiger partial charge on any atom is -0.493 e. The number of nitrogens with one attached hydrogen (secondary N) is 4. The van der Waals surface area contributed by atoms with Crippen LogP contribution in [0.4, 0.5) is 5.82 Å². The minimum absolute atomic E-state index is 0.0202. The maximum absolute atomic E-state index is 12.2. The number of H-pyrrole nitrogens is 1. The topological polar surface area (TPSA) is 130 Å². The number of aromatic nitrogens is 2. The van der Waals surface area contributed by atoms with Crippen LogP contribution >= 0.6 is 0 Å². The third-order valence-corrected chi connectivity index (χ3v) is 6.06. The van der Waals surface area contributed by atoms with E-state index in [1.54, 1.807) is 6.07 Å². The molecule has 2 aliphatic rings. The fraction of sp³-hybridized carbons (Fsp3) is 0.360. The molecule has 2 aromatic carbocycles. The Morgan fingerprint density at radius 3 is 2.89 bits per heavy atom. The molecule has 0 radical (unpaired) electrons. The van der Waals surface area contributed by atoms with E-state index in [2.05, 4.69) is 37.4 Å². The molecule has 5 rings (SSSR count). The Bertz CT molecular complexity index is 1300. The van der Waals surface area contributed by atoms with Crippen LogP contribution in [0.25, 0.3) is 10.8 Å². The molecule has 0 bridgehead atoms. The highest BCUT2D eigenvalue weighted by Crippen LogP contribution is 2.26. The van der Waals surface area contributed by atoms with Gasteiger partial charge in [0.15, 0.2) is 17.9 Å². The number of carbonyl (C=O) groups is 1. The van der Waals surface area contributed by atoms with Crippen molar-refractivity contribution in [2.24, 2.45) is 4.99 Å². The first-order valence-corrected chi connectivity index (χ1v) is 11.9. The van der Waals surface area contributed by atoms with Gasteiger partial charge in [0.25, 0.3) is 5.56 Å². The quantitative estimate of drug-likeness (QED) is 0.330. The number of aromatic amines is 1. The van der Waals surface area contributed by atoms with Gasteiger partial charge in [-0.25, -0.2) is 20.4 Å². The van der Waals surface area contributed by atoms with E-state index >= 15 is 0 Å². The summed E-state index contributed by atoms with van der Waals surface area (Å²) >= 11 is 0. The summed E-state index contributed by atoms with van der Waals surface area (Å²) in [7, 11) is 0. The van der Waals surface area contributed by atoms with E-state index in [9.17, 15) is 9.59 Å². The van der Waals surface area contributed by atoms with Crippen LogP contribution in [0.2, 0.25) is 0 Å². The maximum atomic E-state index is 12.2. The Balaban J connectivity index is 0.995. The lowest BCUT2D eigenvalue weighted by molar-refractivity contribution is -0.121. The highest BCUT2D eigenvalue weighted by atomic mass is 16.7. The molecule has 0 fully saturated rings. The van der Waals surface area contributed by atoms with E-state index < -0.39 is 0 Å². The van der Waals surface area contributed by atoms with Gasteiger partial charge >= 0.3 is 0 Å². The van der Waals surface area contributed by atoms with Crippen LogP contribution in [-0.2, 0) is 16.1 Å². The number of hydrogen-bond acceptors (Lipinski definition) is 8. The summed E-state index contributed by atoms with van der Waals surface area (Å²) in [5, 5.41) is 14.2. The Hall–Kier alpha value is -3.92. The summed E-state index contributed by atoms with van der Waals surface area (Å²) in [5.74, 6) is 2.25. The Labute approximate surface area is 202 Å². The number of hydrogen-bond donors (Lipinski definition) is 4. The van der Waals surface area contributed by atoms with E-state index in [0.717, 1.165) is 36.0 Å². The molecule has 0 saturated carbocycles. The molecule has 4 N–H and O–H groups in total. The van der Waals surface area contributed by atoms with Gasteiger partial charge in [-0.05, 0) is 42.7 Å². The zero-order valence-electron chi connectivity index (χ0n) is 19.3. The Kier molecular flexibility index (Phi) is 6.89. The van der Waals surface area contributed by atoms with Crippen LogP contribution in [0.1, 0.15) is 36.8 Å². The number of nitrogens with zero attached hydrogens (tertiary/aromatic N) is 2. The monoisotopic (exact) mass is 476 g/mol. The predicted molar refractivity (Wildman–Crippen MR) is 133 cm³/mol. The number of hydroxylamine groups is 1. The number of amides is 1. The molecule has 3 aromatic rings. The average Bonchev–Trinajstić information content (AvgIpc) is 3.55. The second-order valence-corrected chi connectivity index (χ2v) is 8.54. The first-order valence-electron chi connectivity index (χ1n) is 11.9. The number of rotatable bonds is 10. The second-order valence-electron chi connectivity index (χ2n) is 8.54. The summed E-state index contributed by atoms with van der Waals surface area (Å²) in [4.78, 5) is 34.1. The minimum atomic E-state index is -0.385. The summed E-state index contributed by atoms with van der Waals surface area (Å²) in [6.07, 6.45) is 3.04. The third-order valence-electron chi connectivity index (χ3n) is 6.06. The van der Waals surface area contributed by atoms with E-state index in [1.807, 2.05) is 30.3 Å². The van der Waals surface area contributed by atoms with Crippen molar-refractivity contribution in [1.29, 1.82) is 0 Å². The molecule has 1 aromatic heterocycles. The van der Waals surface area contributed by atoms with Crippen molar-refractivity contribution in [1.82, 2.24) is 21.0 Å². The number of carbonyl (C=O) groups excluding carboxylic acids is 1. The van der Waals surface area contributed by atoms with Crippen LogP contribution in [0.15, 0.2) is 52.3 Å². The number of ether oxygens (including phenoxy) is 1. The number of unbranched alkanes of at least 4 members (excludes halogenated alkanes) is 1. The molecule has 0 saturated heterocycles. The van der Waals surface area contributed by atoms with Crippen LogP contribution in [0.3, 0.4) is 0 Å². The summed E-state index contributed by atoms with van der Waals surface area (Å²) in [5.41, 5.74) is 4.81. The van der Waals surface area contributed by atoms with E-state index in [4.69, 9.17) is 9.57 Å². The fourth-order valence-corrected chi connectivity index (χ4v) is 4.19. The first-order chi connectivity index (χ1) is 17.2. The van der Waals surface area contributed by atoms with Gasteiger partial charge in [-0.3, -0.25) is 9.59 Å². The molecule has 0 aliphatic carbocycles. The highest BCUT2D eigenvalue weighted by molar-refractivity contribution is 5.99. The number of anilines is 1.